The second-order valence-electron chi connectivity index (χ2n) is 9.09. The van der Waals surface area contributed by atoms with Gasteiger partial charge in [-0.05, 0) is 0 Å². The molecule has 0 spiro atoms. The molecule has 0 aliphatic heterocycles. The molecule has 0 atom stereocenters. The third kappa shape index (κ3) is 4.13. The number of azo groups is 1. The molecule has 2 heterocycles. The molecule has 0 bridgehead atoms. The summed E-state index contributed by atoms with van der Waals surface area (Å²) in [6, 6.07) is 1.63. The standard InChI is InChI=1S/C19H28N8O2/c1-18(2,3)13-11(10-20)15(27(24-13)17(29)25(7)8)22-21-12-14(19(4,5)6)23-26(9)16(12)28/h28H,1-9H3. The van der Waals surface area contributed by atoms with Gasteiger partial charge in [-0.25, -0.2) is 9.48 Å². The van der Waals surface area contributed by atoms with Crippen LogP contribution in [0.25, 0.3) is 0 Å². The van der Waals surface area contributed by atoms with Crippen molar-refractivity contribution in [1.29, 1.82) is 5.26 Å². The van der Waals surface area contributed by atoms with Crippen LogP contribution in [-0.4, -0.2) is 49.7 Å². The minimum atomic E-state index is -0.486. The molecule has 0 saturated heterocycles. The van der Waals surface area contributed by atoms with Gasteiger partial charge in [-0.1, -0.05) is 41.5 Å². The van der Waals surface area contributed by atoms with E-state index >= 15 is 0 Å². The molecule has 10 nitrogen and oxygen atoms in total. The topological polar surface area (TPSA) is 125 Å². The molecule has 2 aromatic rings. The SMILES string of the molecule is CN(C)C(=O)n1nc(C(C)(C)C)c(C#N)c1N=Nc1c(C(C)(C)C)nn(C)c1O. The molecule has 1 N–H and O–H groups in total. The Morgan fingerprint density at radius 2 is 1.62 bits per heavy atom. The van der Waals surface area contributed by atoms with E-state index in [0.29, 0.717) is 11.4 Å². The van der Waals surface area contributed by atoms with Gasteiger partial charge < -0.3 is 10.0 Å². The number of hydrogen-bond donors (Lipinski definition) is 1. The molecule has 0 saturated carbocycles. The first kappa shape index (κ1) is 22.1. The van der Waals surface area contributed by atoms with Crippen LogP contribution >= 0.6 is 0 Å². The van der Waals surface area contributed by atoms with Crippen molar-refractivity contribution in [1.82, 2.24) is 24.5 Å². The largest absolute Gasteiger partial charge is 0.492 e. The number of aromatic hydroxyl groups is 1. The lowest BCUT2D eigenvalue weighted by molar-refractivity contribution is 0.216. The number of nitrogens with zero attached hydrogens (tertiary/aromatic N) is 8. The van der Waals surface area contributed by atoms with E-state index < -0.39 is 16.9 Å². The smallest absolute Gasteiger partial charge is 0.346 e. The van der Waals surface area contributed by atoms with E-state index in [1.54, 1.807) is 21.1 Å². The van der Waals surface area contributed by atoms with Gasteiger partial charge in [-0.3, -0.25) is 0 Å². The lowest BCUT2D eigenvalue weighted by Gasteiger charge is -2.15. The van der Waals surface area contributed by atoms with Crippen molar-refractivity contribution in [3.05, 3.63) is 17.0 Å². The average Bonchev–Trinajstić information content (AvgIpc) is 3.10. The zero-order chi connectivity index (χ0) is 22.3. The van der Waals surface area contributed by atoms with E-state index in [4.69, 9.17) is 0 Å². The van der Waals surface area contributed by atoms with Crippen LogP contribution in [0.5, 0.6) is 5.88 Å². The van der Waals surface area contributed by atoms with Gasteiger partial charge in [0.2, 0.25) is 11.7 Å². The molecule has 29 heavy (non-hydrogen) atoms. The summed E-state index contributed by atoms with van der Waals surface area (Å²) in [6.07, 6.45) is 0. The third-order valence-electron chi connectivity index (χ3n) is 4.19. The maximum absolute atomic E-state index is 12.6. The molecule has 0 radical (unpaired) electrons. The van der Waals surface area contributed by atoms with Gasteiger partial charge in [0.1, 0.15) is 11.6 Å². The van der Waals surface area contributed by atoms with Gasteiger partial charge >= 0.3 is 6.03 Å². The highest BCUT2D eigenvalue weighted by atomic mass is 16.3. The van der Waals surface area contributed by atoms with Crippen molar-refractivity contribution >= 4 is 17.5 Å². The fourth-order valence-corrected chi connectivity index (χ4v) is 2.65. The van der Waals surface area contributed by atoms with Crippen LogP contribution < -0.4 is 0 Å². The predicted molar refractivity (Wildman–Crippen MR) is 108 cm³/mol. The van der Waals surface area contributed by atoms with Gasteiger partial charge in [0.25, 0.3) is 0 Å². The molecule has 1 amide bonds. The number of aromatic nitrogens is 4. The van der Waals surface area contributed by atoms with E-state index in [1.807, 2.05) is 41.5 Å². The first-order valence-corrected chi connectivity index (χ1v) is 9.13. The summed E-state index contributed by atoms with van der Waals surface area (Å²) >= 11 is 0. The van der Waals surface area contributed by atoms with E-state index in [9.17, 15) is 15.2 Å². The van der Waals surface area contributed by atoms with E-state index in [2.05, 4.69) is 26.5 Å². The highest BCUT2D eigenvalue weighted by Gasteiger charge is 2.31. The van der Waals surface area contributed by atoms with Gasteiger partial charge in [-0.15, -0.1) is 10.2 Å². The first-order chi connectivity index (χ1) is 13.2. The quantitative estimate of drug-likeness (QED) is 0.769. The van der Waals surface area contributed by atoms with Gasteiger partial charge in [-0.2, -0.15) is 20.1 Å². The Bertz CT molecular complexity index is 1010. The highest BCUT2D eigenvalue weighted by Crippen LogP contribution is 2.39. The molecule has 0 fully saturated rings. The maximum Gasteiger partial charge on any atom is 0.346 e. The number of rotatable bonds is 2. The van der Waals surface area contributed by atoms with Crippen LogP contribution in [0.2, 0.25) is 0 Å². The molecule has 156 valence electrons. The number of aryl methyl sites for hydroxylation is 1. The number of nitriles is 1. The van der Waals surface area contributed by atoms with Crippen LogP contribution in [0.1, 0.15) is 58.5 Å². The molecule has 0 aliphatic carbocycles. The van der Waals surface area contributed by atoms with E-state index in [0.717, 1.165) is 4.68 Å². The van der Waals surface area contributed by atoms with E-state index in [-0.39, 0.29) is 22.9 Å². The van der Waals surface area contributed by atoms with Crippen LogP contribution in [0.3, 0.4) is 0 Å². The molecule has 0 aromatic carbocycles. The summed E-state index contributed by atoms with van der Waals surface area (Å²) in [7, 11) is 4.76. The minimum Gasteiger partial charge on any atom is -0.492 e. The number of carbonyl (C=O) groups is 1. The zero-order valence-electron chi connectivity index (χ0n) is 18.4. The Labute approximate surface area is 170 Å². The fourth-order valence-electron chi connectivity index (χ4n) is 2.65. The average molecular weight is 400 g/mol. The van der Waals surface area contributed by atoms with Crippen LogP contribution in [-0.2, 0) is 17.9 Å². The van der Waals surface area contributed by atoms with Crippen LogP contribution in [0, 0.1) is 11.3 Å². The van der Waals surface area contributed by atoms with Crippen molar-refractivity contribution in [3.63, 3.8) is 0 Å². The van der Waals surface area contributed by atoms with Gasteiger partial charge in [0.15, 0.2) is 5.69 Å². The summed E-state index contributed by atoms with van der Waals surface area (Å²) in [5.41, 5.74) is 0.446. The van der Waals surface area contributed by atoms with Crippen LogP contribution in [0.4, 0.5) is 16.3 Å². The third-order valence-corrected chi connectivity index (χ3v) is 4.19. The summed E-state index contributed by atoms with van der Waals surface area (Å²) in [5, 5.41) is 37.1. The molecular formula is C19H28N8O2. The Balaban J connectivity index is 2.75. The number of amides is 1. The summed E-state index contributed by atoms with van der Waals surface area (Å²) < 4.78 is 2.37. The second-order valence-corrected chi connectivity index (χ2v) is 9.09. The van der Waals surface area contributed by atoms with Gasteiger partial charge in [0.05, 0.1) is 11.4 Å². The summed E-state index contributed by atoms with van der Waals surface area (Å²) in [4.78, 5) is 14.0. The van der Waals surface area contributed by atoms with Crippen molar-refractivity contribution in [3.8, 4) is 11.9 Å². The molecule has 0 aliphatic rings. The normalized spacial score (nSPS) is 12.4. The van der Waals surface area contributed by atoms with Crippen molar-refractivity contribution < 1.29 is 9.90 Å². The number of hydrogen-bond acceptors (Lipinski definition) is 7. The second kappa shape index (κ2) is 7.31. The highest BCUT2D eigenvalue weighted by molar-refractivity contribution is 5.80. The maximum atomic E-state index is 12.6. The Morgan fingerprint density at radius 1 is 1.07 bits per heavy atom. The van der Waals surface area contributed by atoms with Crippen LogP contribution in [0.15, 0.2) is 10.2 Å². The van der Waals surface area contributed by atoms with Crippen molar-refractivity contribution in [2.45, 2.75) is 52.4 Å². The van der Waals surface area contributed by atoms with Crippen molar-refractivity contribution in [2.75, 3.05) is 14.1 Å². The summed E-state index contributed by atoms with van der Waals surface area (Å²) in [6.45, 7) is 11.5. The molecular weight excluding hydrogens is 372 g/mol. The Hall–Kier alpha value is -3.22. The van der Waals surface area contributed by atoms with Crippen molar-refractivity contribution in [2.24, 2.45) is 17.3 Å². The molecule has 2 rings (SSSR count). The summed E-state index contributed by atoms with van der Waals surface area (Å²) in [5.74, 6) is -0.141. The fraction of sp³-hybridized carbons (Fsp3) is 0.579. The Morgan fingerprint density at radius 3 is 2.07 bits per heavy atom. The van der Waals surface area contributed by atoms with Gasteiger partial charge in [0, 0.05) is 32.0 Å². The molecule has 0 unspecified atom stereocenters. The zero-order valence-corrected chi connectivity index (χ0v) is 18.4. The molecule has 2 aromatic heterocycles. The van der Waals surface area contributed by atoms with E-state index in [1.165, 1.54) is 9.58 Å². The lowest BCUT2D eigenvalue weighted by atomic mass is 9.90. The predicted octanol–water partition coefficient (Wildman–Crippen LogP) is 3.73. The molecule has 10 heteroatoms. The Kier molecular flexibility index (Phi) is 5.56. The minimum absolute atomic E-state index is 0.0132. The first-order valence-electron chi connectivity index (χ1n) is 9.13. The lowest BCUT2D eigenvalue weighted by Crippen LogP contribution is -2.28. The monoisotopic (exact) mass is 400 g/mol. The number of carbonyl (C=O) groups excluding carboxylic acids is 1.